The van der Waals surface area contributed by atoms with E-state index in [1.165, 1.54) is 25.1 Å². The van der Waals surface area contributed by atoms with Crippen molar-refractivity contribution in [2.45, 2.75) is 11.8 Å². The summed E-state index contributed by atoms with van der Waals surface area (Å²) in [6, 6.07) is 3.76. The van der Waals surface area contributed by atoms with Crippen molar-refractivity contribution >= 4 is 31.2 Å². The number of Topliss-reactive ketones (excluding diaryl/α,β-unsaturated/α-hetero) is 1. The fourth-order valence-corrected chi connectivity index (χ4v) is 1.77. The molecule has 0 radical (unpaired) electrons. The second kappa shape index (κ2) is 3.59. The summed E-state index contributed by atoms with van der Waals surface area (Å²) in [5.41, 5.74) is 5.87. The number of carbonyl (C=O) groups is 1. The van der Waals surface area contributed by atoms with Crippen LogP contribution in [-0.2, 0) is 9.05 Å². The van der Waals surface area contributed by atoms with Crippen LogP contribution >= 0.6 is 10.7 Å². The molecule has 1 aromatic carbocycles. The number of nitrogens with two attached hydrogens (primary N) is 1. The molecule has 0 amide bonds. The minimum atomic E-state index is -3.81. The Bertz CT molecular complexity index is 481. The Kier molecular flexibility index (Phi) is 2.82. The minimum absolute atomic E-state index is 0.126. The second-order valence-electron chi connectivity index (χ2n) is 2.74. The molecule has 0 aliphatic rings. The molecule has 6 heteroatoms. The molecule has 0 bridgehead atoms. The fourth-order valence-electron chi connectivity index (χ4n) is 0.992. The van der Waals surface area contributed by atoms with E-state index in [1.54, 1.807) is 0 Å². The first-order valence-electron chi connectivity index (χ1n) is 3.67. The standard InChI is InChI=1S/C8H8ClNO3S/c1-5(11)7-4-6(14(9,12)13)2-3-8(7)10/h2-4H,10H2,1H3. The molecule has 2 N–H and O–H groups in total. The summed E-state index contributed by atoms with van der Waals surface area (Å²) >= 11 is 0. The summed E-state index contributed by atoms with van der Waals surface area (Å²) in [5, 5.41) is 0. The topological polar surface area (TPSA) is 77.2 Å². The van der Waals surface area contributed by atoms with Gasteiger partial charge in [0.2, 0.25) is 0 Å². The third-order valence-electron chi connectivity index (χ3n) is 1.69. The quantitative estimate of drug-likeness (QED) is 0.476. The molecule has 0 unspecified atom stereocenters. The van der Waals surface area contributed by atoms with Crippen molar-refractivity contribution in [1.82, 2.24) is 0 Å². The van der Waals surface area contributed by atoms with E-state index < -0.39 is 9.05 Å². The lowest BCUT2D eigenvalue weighted by Gasteiger charge is -2.03. The zero-order valence-corrected chi connectivity index (χ0v) is 8.89. The van der Waals surface area contributed by atoms with Gasteiger partial charge in [-0.2, -0.15) is 0 Å². The first-order chi connectivity index (χ1) is 6.32. The first-order valence-corrected chi connectivity index (χ1v) is 5.98. The maximum Gasteiger partial charge on any atom is 0.261 e. The zero-order chi connectivity index (χ0) is 10.9. The van der Waals surface area contributed by atoms with E-state index in [1.807, 2.05) is 0 Å². The van der Waals surface area contributed by atoms with E-state index in [9.17, 15) is 13.2 Å². The molecule has 0 aromatic heterocycles. The molecule has 76 valence electrons. The lowest BCUT2D eigenvalue weighted by atomic mass is 10.1. The summed E-state index contributed by atoms with van der Waals surface area (Å²) in [5.74, 6) is -0.301. The highest BCUT2D eigenvalue weighted by Crippen LogP contribution is 2.20. The lowest BCUT2D eigenvalue weighted by molar-refractivity contribution is 0.101. The summed E-state index contributed by atoms with van der Waals surface area (Å²) in [6.07, 6.45) is 0. The molecular formula is C8H8ClNO3S. The number of nitrogen functional groups attached to an aromatic ring is 1. The largest absolute Gasteiger partial charge is 0.398 e. The van der Waals surface area contributed by atoms with Gasteiger partial charge < -0.3 is 5.73 Å². The van der Waals surface area contributed by atoms with Crippen molar-refractivity contribution in [2.24, 2.45) is 0 Å². The van der Waals surface area contributed by atoms with Gasteiger partial charge in [0.15, 0.2) is 5.78 Å². The van der Waals surface area contributed by atoms with Gasteiger partial charge in [-0.05, 0) is 25.1 Å². The van der Waals surface area contributed by atoms with E-state index in [2.05, 4.69) is 0 Å². The number of benzene rings is 1. The van der Waals surface area contributed by atoms with Gasteiger partial charge in [0.1, 0.15) is 0 Å². The van der Waals surface area contributed by atoms with Crippen LogP contribution in [0.25, 0.3) is 0 Å². The molecule has 0 aliphatic heterocycles. The Hall–Kier alpha value is -1.07. The number of ketones is 1. The molecular weight excluding hydrogens is 226 g/mol. The van der Waals surface area contributed by atoms with E-state index in [4.69, 9.17) is 16.4 Å². The summed E-state index contributed by atoms with van der Waals surface area (Å²) in [6.45, 7) is 1.30. The van der Waals surface area contributed by atoms with Crippen molar-refractivity contribution in [1.29, 1.82) is 0 Å². The molecule has 1 aromatic rings. The maximum absolute atomic E-state index is 11.0. The van der Waals surface area contributed by atoms with Crippen LogP contribution in [0.5, 0.6) is 0 Å². The molecule has 0 saturated carbocycles. The highest BCUT2D eigenvalue weighted by Gasteiger charge is 2.13. The first kappa shape index (κ1) is 11.0. The molecule has 0 fully saturated rings. The van der Waals surface area contributed by atoms with Gasteiger partial charge in [0.05, 0.1) is 4.90 Å². The number of anilines is 1. The van der Waals surface area contributed by atoms with Gasteiger partial charge in [-0.25, -0.2) is 8.42 Å². The average Bonchev–Trinajstić information content (AvgIpc) is 2.02. The molecule has 0 heterocycles. The van der Waals surface area contributed by atoms with E-state index in [-0.39, 0.29) is 21.9 Å². The summed E-state index contributed by atoms with van der Waals surface area (Å²) in [4.78, 5) is 10.9. The van der Waals surface area contributed by atoms with Crippen LogP contribution in [-0.4, -0.2) is 14.2 Å². The fraction of sp³-hybridized carbons (Fsp3) is 0.125. The predicted octanol–water partition coefficient (Wildman–Crippen LogP) is 1.40. The smallest absolute Gasteiger partial charge is 0.261 e. The SMILES string of the molecule is CC(=O)c1cc(S(=O)(=O)Cl)ccc1N. The van der Waals surface area contributed by atoms with Gasteiger partial charge in [-0.3, -0.25) is 4.79 Å². The third-order valence-corrected chi connectivity index (χ3v) is 3.04. The number of carbonyl (C=O) groups excluding carboxylic acids is 1. The Morgan fingerprint density at radius 1 is 1.43 bits per heavy atom. The molecule has 0 atom stereocenters. The van der Waals surface area contributed by atoms with Crippen molar-refractivity contribution in [3.63, 3.8) is 0 Å². The Morgan fingerprint density at radius 3 is 2.43 bits per heavy atom. The van der Waals surface area contributed by atoms with Gasteiger partial charge >= 0.3 is 0 Å². The maximum atomic E-state index is 11.0. The van der Waals surface area contributed by atoms with Gasteiger partial charge in [0.25, 0.3) is 9.05 Å². The van der Waals surface area contributed by atoms with E-state index in [0.717, 1.165) is 0 Å². The van der Waals surface area contributed by atoms with Gasteiger partial charge in [0, 0.05) is 21.9 Å². The Morgan fingerprint density at radius 2 is 2.00 bits per heavy atom. The van der Waals surface area contributed by atoms with Crippen LogP contribution < -0.4 is 5.73 Å². The predicted molar refractivity (Wildman–Crippen MR) is 53.9 cm³/mol. The zero-order valence-electron chi connectivity index (χ0n) is 7.32. The molecule has 0 aliphatic carbocycles. The van der Waals surface area contributed by atoms with Crippen molar-refractivity contribution in [3.8, 4) is 0 Å². The van der Waals surface area contributed by atoms with E-state index >= 15 is 0 Å². The number of hydrogen-bond donors (Lipinski definition) is 1. The summed E-state index contributed by atoms with van der Waals surface area (Å²) < 4.78 is 21.9. The third kappa shape index (κ3) is 2.24. The average molecular weight is 234 g/mol. The molecule has 0 spiro atoms. The van der Waals surface area contributed by atoms with Gasteiger partial charge in [-0.1, -0.05) is 0 Å². The molecule has 14 heavy (non-hydrogen) atoms. The van der Waals surface area contributed by atoms with Gasteiger partial charge in [-0.15, -0.1) is 0 Å². The lowest BCUT2D eigenvalue weighted by Crippen LogP contribution is -2.02. The summed E-state index contributed by atoms with van der Waals surface area (Å²) in [7, 11) is 1.30. The molecule has 0 saturated heterocycles. The highest BCUT2D eigenvalue weighted by molar-refractivity contribution is 8.13. The van der Waals surface area contributed by atoms with E-state index in [0.29, 0.717) is 0 Å². The van der Waals surface area contributed by atoms with Crippen LogP contribution in [0.1, 0.15) is 17.3 Å². The minimum Gasteiger partial charge on any atom is -0.398 e. The highest BCUT2D eigenvalue weighted by atomic mass is 35.7. The second-order valence-corrected chi connectivity index (χ2v) is 5.31. The van der Waals surface area contributed by atoms with Crippen LogP contribution in [0.2, 0.25) is 0 Å². The van der Waals surface area contributed by atoms with Crippen molar-refractivity contribution in [3.05, 3.63) is 23.8 Å². The number of halogens is 1. The normalized spacial score (nSPS) is 11.3. The number of hydrogen-bond acceptors (Lipinski definition) is 4. The Labute approximate surface area is 86.1 Å². The van der Waals surface area contributed by atoms with Crippen LogP contribution in [0, 0.1) is 0 Å². The van der Waals surface area contributed by atoms with Crippen molar-refractivity contribution in [2.75, 3.05) is 5.73 Å². The van der Waals surface area contributed by atoms with Crippen molar-refractivity contribution < 1.29 is 13.2 Å². The molecule has 4 nitrogen and oxygen atoms in total. The Balaban J connectivity index is 3.42. The van der Waals surface area contributed by atoms with Crippen LogP contribution in [0.3, 0.4) is 0 Å². The van der Waals surface area contributed by atoms with Crippen LogP contribution in [0.15, 0.2) is 23.1 Å². The molecule has 1 rings (SSSR count). The number of rotatable bonds is 2. The monoisotopic (exact) mass is 233 g/mol. The van der Waals surface area contributed by atoms with Crippen LogP contribution in [0.4, 0.5) is 5.69 Å².